The fourth-order valence-electron chi connectivity index (χ4n) is 2.09. The number of hydrogen-bond donors (Lipinski definition) is 0. The SMILES string of the molecule is O=C1CCCc2nc(/C=C/c3ccccc3)sc21. The third-order valence-corrected chi connectivity index (χ3v) is 4.11. The second kappa shape index (κ2) is 4.86. The molecule has 2 aromatic rings. The van der Waals surface area contributed by atoms with E-state index in [-0.39, 0.29) is 5.78 Å². The van der Waals surface area contributed by atoms with Gasteiger partial charge in [0.2, 0.25) is 0 Å². The van der Waals surface area contributed by atoms with Gasteiger partial charge in [0.1, 0.15) is 5.01 Å². The zero-order chi connectivity index (χ0) is 12.4. The lowest BCUT2D eigenvalue weighted by Crippen LogP contribution is -2.07. The summed E-state index contributed by atoms with van der Waals surface area (Å²) in [6.07, 6.45) is 6.59. The second-order valence-corrected chi connectivity index (χ2v) is 5.38. The van der Waals surface area contributed by atoms with Gasteiger partial charge in [-0.1, -0.05) is 36.4 Å². The molecule has 1 heterocycles. The van der Waals surface area contributed by atoms with Crippen molar-refractivity contribution in [2.75, 3.05) is 0 Å². The number of fused-ring (bicyclic) bond motifs is 1. The zero-order valence-corrected chi connectivity index (χ0v) is 10.7. The van der Waals surface area contributed by atoms with Crippen LogP contribution in [-0.4, -0.2) is 10.8 Å². The molecule has 90 valence electrons. The van der Waals surface area contributed by atoms with Crippen molar-refractivity contribution >= 4 is 29.3 Å². The minimum absolute atomic E-state index is 0.258. The first-order chi connectivity index (χ1) is 8.83. The molecule has 0 fully saturated rings. The molecule has 0 N–H and O–H groups in total. The van der Waals surface area contributed by atoms with Crippen LogP contribution in [0, 0.1) is 0 Å². The number of carbonyl (C=O) groups excluding carboxylic acids is 1. The highest BCUT2D eigenvalue weighted by Gasteiger charge is 2.21. The van der Waals surface area contributed by atoms with E-state index >= 15 is 0 Å². The lowest BCUT2D eigenvalue weighted by molar-refractivity contribution is 0.0976. The molecule has 0 saturated heterocycles. The topological polar surface area (TPSA) is 30.0 Å². The summed E-state index contributed by atoms with van der Waals surface area (Å²) in [5.74, 6) is 0.258. The van der Waals surface area contributed by atoms with E-state index in [0.29, 0.717) is 6.42 Å². The summed E-state index contributed by atoms with van der Waals surface area (Å²) in [7, 11) is 0. The smallest absolute Gasteiger partial charge is 0.174 e. The molecule has 1 aromatic heterocycles. The van der Waals surface area contributed by atoms with Crippen LogP contribution in [0.5, 0.6) is 0 Å². The largest absolute Gasteiger partial charge is 0.293 e. The van der Waals surface area contributed by atoms with Gasteiger partial charge < -0.3 is 0 Å². The Kier molecular flexibility index (Phi) is 3.07. The van der Waals surface area contributed by atoms with Gasteiger partial charge in [0, 0.05) is 6.42 Å². The molecule has 3 rings (SSSR count). The number of rotatable bonds is 2. The molecule has 0 aliphatic heterocycles. The highest BCUT2D eigenvalue weighted by atomic mass is 32.1. The Bertz CT molecular complexity index is 598. The van der Waals surface area contributed by atoms with Gasteiger partial charge in [-0.15, -0.1) is 11.3 Å². The molecule has 1 aliphatic rings. The molecule has 0 amide bonds. The minimum Gasteiger partial charge on any atom is -0.293 e. The van der Waals surface area contributed by atoms with Crippen LogP contribution in [0.2, 0.25) is 0 Å². The van der Waals surface area contributed by atoms with Gasteiger partial charge in [0.05, 0.1) is 10.6 Å². The van der Waals surface area contributed by atoms with E-state index in [2.05, 4.69) is 17.1 Å². The van der Waals surface area contributed by atoms with Gasteiger partial charge in [-0.25, -0.2) is 4.98 Å². The fraction of sp³-hybridized carbons (Fsp3) is 0.200. The van der Waals surface area contributed by atoms with E-state index < -0.39 is 0 Å². The Balaban J connectivity index is 1.86. The van der Waals surface area contributed by atoms with E-state index in [9.17, 15) is 4.79 Å². The van der Waals surface area contributed by atoms with Crippen LogP contribution in [0.15, 0.2) is 30.3 Å². The maximum Gasteiger partial charge on any atom is 0.174 e. The maximum atomic E-state index is 11.7. The molecule has 0 radical (unpaired) electrons. The first-order valence-electron chi connectivity index (χ1n) is 6.09. The normalized spacial score (nSPS) is 15.0. The lowest BCUT2D eigenvalue weighted by atomic mass is 10.0. The summed E-state index contributed by atoms with van der Waals surface area (Å²) in [4.78, 5) is 17.1. The van der Waals surface area contributed by atoms with Crippen LogP contribution in [0.3, 0.4) is 0 Å². The van der Waals surface area contributed by atoms with Crippen LogP contribution >= 0.6 is 11.3 Å². The summed E-state index contributed by atoms with van der Waals surface area (Å²) in [5, 5.41) is 0.930. The first kappa shape index (κ1) is 11.4. The van der Waals surface area contributed by atoms with Crippen molar-refractivity contribution in [3.63, 3.8) is 0 Å². The maximum absolute atomic E-state index is 11.7. The number of hydrogen-bond acceptors (Lipinski definition) is 3. The summed E-state index contributed by atoms with van der Waals surface area (Å²) in [5.41, 5.74) is 2.14. The third-order valence-electron chi connectivity index (χ3n) is 3.00. The molecule has 0 atom stereocenters. The van der Waals surface area contributed by atoms with Crippen LogP contribution in [-0.2, 0) is 6.42 Å². The van der Waals surface area contributed by atoms with Crippen molar-refractivity contribution in [3.05, 3.63) is 51.5 Å². The molecule has 18 heavy (non-hydrogen) atoms. The predicted octanol–water partition coefficient (Wildman–Crippen LogP) is 3.83. The van der Waals surface area contributed by atoms with Crippen LogP contribution in [0.4, 0.5) is 0 Å². The number of carbonyl (C=O) groups is 1. The van der Waals surface area contributed by atoms with Gasteiger partial charge in [-0.3, -0.25) is 4.79 Å². The minimum atomic E-state index is 0.258. The second-order valence-electron chi connectivity index (χ2n) is 4.35. The molecule has 3 heteroatoms. The Hall–Kier alpha value is -1.74. The summed E-state index contributed by atoms with van der Waals surface area (Å²) < 4.78 is 0. The fourth-order valence-corrected chi connectivity index (χ4v) is 3.07. The number of thiazole rings is 1. The van der Waals surface area contributed by atoms with Crippen molar-refractivity contribution in [2.45, 2.75) is 19.3 Å². The highest BCUT2D eigenvalue weighted by Crippen LogP contribution is 2.27. The summed E-state index contributed by atoms with van der Waals surface area (Å²) >= 11 is 1.52. The molecule has 2 nitrogen and oxygen atoms in total. The molecule has 0 spiro atoms. The van der Waals surface area contributed by atoms with Crippen LogP contribution < -0.4 is 0 Å². The van der Waals surface area contributed by atoms with E-state index in [1.165, 1.54) is 11.3 Å². The molecule has 0 unspecified atom stereocenters. The highest BCUT2D eigenvalue weighted by molar-refractivity contribution is 7.14. The van der Waals surface area contributed by atoms with Crippen molar-refractivity contribution in [2.24, 2.45) is 0 Å². The quantitative estimate of drug-likeness (QED) is 0.816. The number of aryl methyl sites for hydroxylation is 1. The molecular weight excluding hydrogens is 242 g/mol. The lowest BCUT2D eigenvalue weighted by Gasteiger charge is -2.06. The van der Waals surface area contributed by atoms with Gasteiger partial charge in [-0.05, 0) is 24.5 Å². The third kappa shape index (κ3) is 2.27. The standard InChI is InChI=1S/C15H13NOS/c17-13-8-4-7-12-15(13)18-14(16-12)10-9-11-5-2-1-3-6-11/h1-3,5-6,9-10H,4,7-8H2/b10-9+. The van der Waals surface area contributed by atoms with Gasteiger partial charge in [0.15, 0.2) is 5.78 Å². The van der Waals surface area contributed by atoms with Gasteiger partial charge in [0.25, 0.3) is 0 Å². The van der Waals surface area contributed by atoms with Crippen molar-refractivity contribution in [1.82, 2.24) is 4.98 Å². The van der Waals surface area contributed by atoms with Crippen LogP contribution in [0.25, 0.3) is 12.2 Å². The van der Waals surface area contributed by atoms with Gasteiger partial charge >= 0.3 is 0 Å². The van der Waals surface area contributed by atoms with E-state index in [4.69, 9.17) is 0 Å². The Morgan fingerprint density at radius 2 is 1.94 bits per heavy atom. The monoisotopic (exact) mass is 255 g/mol. The number of aromatic nitrogens is 1. The van der Waals surface area contributed by atoms with Crippen LogP contribution in [0.1, 0.15) is 38.8 Å². The van der Waals surface area contributed by atoms with Crippen molar-refractivity contribution < 1.29 is 4.79 Å². The summed E-state index contributed by atoms with van der Waals surface area (Å²) in [6.45, 7) is 0. The Morgan fingerprint density at radius 3 is 2.72 bits per heavy atom. The molecule has 0 saturated carbocycles. The number of nitrogens with zero attached hydrogens (tertiary/aromatic N) is 1. The van der Waals surface area contributed by atoms with E-state index in [1.54, 1.807) is 0 Å². The number of benzene rings is 1. The van der Waals surface area contributed by atoms with Crippen molar-refractivity contribution in [3.8, 4) is 0 Å². The van der Waals surface area contributed by atoms with E-state index in [1.807, 2.05) is 30.4 Å². The van der Waals surface area contributed by atoms with Gasteiger partial charge in [-0.2, -0.15) is 0 Å². The predicted molar refractivity (Wildman–Crippen MR) is 74.8 cm³/mol. The number of Topliss-reactive ketones (excluding diaryl/α,β-unsaturated/α-hetero) is 1. The molecular formula is C15H13NOS. The average molecular weight is 255 g/mol. The average Bonchev–Trinajstić information content (AvgIpc) is 2.82. The first-order valence-corrected chi connectivity index (χ1v) is 6.90. The zero-order valence-electron chi connectivity index (χ0n) is 9.93. The summed E-state index contributed by atoms with van der Waals surface area (Å²) in [6, 6.07) is 10.1. The Morgan fingerprint density at radius 1 is 1.11 bits per heavy atom. The Labute approximate surface area is 110 Å². The van der Waals surface area contributed by atoms with Crippen molar-refractivity contribution in [1.29, 1.82) is 0 Å². The molecule has 1 aromatic carbocycles. The van der Waals surface area contributed by atoms with E-state index in [0.717, 1.165) is 34.0 Å². The molecule has 1 aliphatic carbocycles. The number of ketones is 1. The molecule has 0 bridgehead atoms.